The van der Waals surface area contributed by atoms with Crippen molar-refractivity contribution in [3.63, 3.8) is 0 Å². The number of thiophene rings is 1. The third kappa shape index (κ3) is 4.14. The molecule has 0 unspecified atom stereocenters. The van der Waals surface area contributed by atoms with E-state index in [-0.39, 0.29) is 18.1 Å². The average molecular weight is 449 g/mol. The van der Waals surface area contributed by atoms with Gasteiger partial charge in [0.2, 0.25) is 0 Å². The molecule has 4 rings (SSSR count). The molecule has 3 aromatic heterocycles. The van der Waals surface area contributed by atoms with Gasteiger partial charge in [-0.15, -0.1) is 11.3 Å². The summed E-state index contributed by atoms with van der Waals surface area (Å²) in [6, 6.07) is 14.6. The van der Waals surface area contributed by atoms with Crippen LogP contribution in [0.15, 0.2) is 54.9 Å². The van der Waals surface area contributed by atoms with E-state index in [0.29, 0.717) is 22.7 Å². The van der Waals surface area contributed by atoms with Crippen LogP contribution >= 0.6 is 11.3 Å². The molecule has 32 heavy (non-hydrogen) atoms. The number of rotatable bonds is 8. The standard InChI is InChI=1S/C23H20N4O4S/c1-14(17-5-3-2-4-15(17)11-24)31-19-10-20(32-22(19)23(25)29)18-12-26-21-7-6-16(13-27(18)21)30-9-8-28/h2-7,10,12-14,28H,8-9H2,1H3,(H2,25,29)/t14-/m1/s1. The number of fused-ring (bicyclic) bond motifs is 1. The van der Waals surface area contributed by atoms with E-state index in [1.807, 2.05) is 23.5 Å². The fourth-order valence-electron chi connectivity index (χ4n) is 3.36. The molecule has 0 spiro atoms. The molecule has 8 nitrogen and oxygen atoms in total. The Morgan fingerprint density at radius 1 is 1.34 bits per heavy atom. The quantitative estimate of drug-likeness (QED) is 0.425. The maximum atomic E-state index is 12.1. The molecule has 0 saturated carbocycles. The van der Waals surface area contributed by atoms with Crippen molar-refractivity contribution in [1.29, 1.82) is 5.26 Å². The van der Waals surface area contributed by atoms with E-state index in [9.17, 15) is 10.1 Å². The lowest BCUT2D eigenvalue weighted by atomic mass is 10.0. The summed E-state index contributed by atoms with van der Waals surface area (Å²) in [6.45, 7) is 1.91. The maximum absolute atomic E-state index is 12.1. The summed E-state index contributed by atoms with van der Waals surface area (Å²) in [4.78, 5) is 17.5. The number of carbonyl (C=O) groups excluding carboxylic acids is 1. The number of amides is 1. The van der Waals surface area contributed by atoms with E-state index in [1.165, 1.54) is 11.3 Å². The van der Waals surface area contributed by atoms with Crippen LogP contribution in [0.25, 0.3) is 16.2 Å². The first-order valence-corrected chi connectivity index (χ1v) is 10.6. The summed E-state index contributed by atoms with van der Waals surface area (Å²) in [5, 5.41) is 18.4. The van der Waals surface area contributed by atoms with Crippen LogP contribution in [0, 0.1) is 11.3 Å². The summed E-state index contributed by atoms with van der Waals surface area (Å²) in [5.41, 5.74) is 8.28. The van der Waals surface area contributed by atoms with Crippen molar-refractivity contribution < 1.29 is 19.4 Å². The SMILES string of the molecule is C[C@@H](Oc1cc(-c2cnc3ccc(OCCO)cn23)sc1C(N)=O)c1ccccc1C#N. The van der Waals surface area contributed by atoms with Gasteiger partial charge >= 0.3 is 0 Å². The second-order valence-electron chi connectivity index (χ2n) is 6.94. The number of nitrogens with zero attached hydrogens (tertiary/aromatic N) is 3. The first kappa shape index (κ1) is 21.4. The third-order valence-electron chi connectivity index (χ3n) is 4.84. The monoisotopic (exact) mass is 448 g/mol. The average Bonchev–Trinajstić information content (AvgIpc) is 3.41. The van der Waals surface area contributed by atoms with Crippen LogP contribution in [-0.4, -0.2) is 33.6 Å². The number of hydrogen-bond acceptors (Lipinski definition) is 7. The number of pyridine rings is 1. The van der Waals surface area contributed by atoms with Crippen molar-refractivity contribution in [1.82, 2.24) is 9.38 Å². The summed E-state index contributed by atoms with van der Waals surface area (Å²) >= 11 is 1.20. The molecule has 0 aliphatic rings. The van der Waals surface area contributed by atoms with E-state index >= 15 is 0 Å². The van der Waals surface area contributed by atoms with Crippen LogP contribution in [0.2, 0.25) is 0 Å². The molecule has 1 aromatic carbocycles. The lowest BCUT2D eigenvalue weighted by Gasteiger charge is -2.16. The van der Waals surface area contributed by atoms with Gasteiger partial charge in [0, 0.05) is 11.6 Å². The molecule has 0 radical (unpaired) electrons. The molecule has 0 fully saturated rings. The van der Waals surface area contributed by atoms with Gasteiger partial charge < -0.3 is 20.3 Å². The minimum absolute atomic E-state index is 0.0878. The molecule has 0 aliphatic heterocycles. The summed E-state index contributed by atoms with van der Waals surface area (Å²) in [5.74, 6) is 0.328. The number of aliphatic hydroxyl groups is 1. The van der Waals surface area contributed by atoms with Crippen molar-refractivity contribution in [3.05, 3.63) is 70.9 Å². The zero-order valence-electron chi connectivity index (χ0n) is 17.2. The summed E-state index contributed by atoms with van der Waals surface area (Å²) in [6.07, 6.45) is 3.00. The highest BCUT2D eigenvalue weighted by Crippen LogP contribution is 2.39. The van der Waals surface area contributed by atoms with Crippen LogP contribution in [0.1, 0.15) is 33.8 Å². The van der Waals surface area contributed by atoms with E-state index in [4.69, 9.17) is 20.3 Å². The topological polar surface area (TPSA) is 123 Å². The second kappa shape index (κ2) is 9.09. The Labute approximate surface area is 188 Å². The summed E-state index contributed by atoms with van der Waals surface area (Å²) < 4.78 is 13.4. The Morgan fingerprint density at radius 2 is 2.16 bits per heavy atom. The summed E-state index contributed by atoms with van der Waals surface area (Å²) in [7, 11) is 0. The van der Waals surface area contributed by atoms with Crippen LogP contribution in [0.5, 0.6) is 11.5 Å². The van der Waals surface area contributed by atoms with E-state index in [2.05, 4.69) is 11.1 Å². The Morgan fingerprint density at radius 3 is 2.91 bits per heavy atom. The first-order valence-electron chi connectivity index (χ1n) is 9.82. The Balaban J connectivity index is 1.71. The molecule has 1 atom stereocenters. The minimum atomic E-state index is -0.599. The molecule has 1 amide bonds. The van der Waals surface area contributed by atoms with Gasteiger partial charge in [-0.2, -0.15) is 5.26 Å². The van der Waals surface area contributed by atoms with Gasteiger partial charge in [0.1, 0.15) is 34.7 Å². The molecule has 0 saturated heterocycles. The van der Waals surface area contributed by atoms with Gasteiger partial charge in [-0.25, -0.2) is 4.98 Å². The highest BCUT2D eigenvalue weighted by Gasteiger charge is 2.21. The molecule has 0 aliphatic carbocycles. The third-order valence-corrected chi connectivity index (χ3v) is 5.99. The highest BCUT2D eigenvalue weighted by atomic mass is 32.1. The van der Waals surface area contributed by atoms with E-state index in [0.717, 1.165) is 16.1 Å². The zero-order valence-corrected chi connectivity index (χ0v) is 18.0. The van der Waals surface area contributed by atoms with Gasteiger partial charge in [-0.1, -0.05) is 18.2 Å². The Hall–Kier alpha value is -3.87. The highest BCUT2D eigenvalue weighted by molar-refractivity contribution is 7.17. The Bertz CT molecular complexity index is 1320. The molecule has 3 N–H and O–H groups in total. The van der Waals surface area contributed by atoms with Crippen molar-refractivity contribution >= 4 is 22.9 Å². The van der Waals surface area contributed by atoms with E-state index in [1.54, 1.807) is 42.7 Å². The maximum Gasteiger partial charge on any atom is 0.262 e. The van der Waals surface area contributed by atoms with Crippen molar-refractivity contribution in [2.45, 2.75) is 13.0 Å². The van der Waals surface area contributed by atoms with Crippen LogP contribution < -0.4 is 15.2 Å². The predicted molar refractivity (Wildman–Crippen MR) is 120 cm³/mol. The number of nitriles is 1. The predicted octanol–water partition coefficient (Wildman–Crippen LogP) is 3.54. The molecule has 3 heterocycles. The van der Waals surface area contributed by atoms with Crippen molar-refractivity contribution in [3.8, 4) is 28.1 Å². The molecule has 162 valence electrons. The number of hydrogen-bond donors (Lipinski definition) is 2. The fraction of sp³-hybridized carbons (Fsp3) is 0.174. The number of aromatic nitrogens is 2. The van der Waals surface area contributed by atoms with Gasteiger partial charge in [-0.3, -0.25) is 9.20 Å². The van der Waals surface area contributed by atoms with Crippen LogP contribution in [0.4, 0.5) is 0 Å². The normalized spacial score (nSPS) is 11.8. The largest absolute Gasteiger partial charge is 0.490 e. The number of imidazole rings is 1. The zero-order chi connectivity index (χ0) is 22.7. The smallest absolute Gasteiger partial charge is 0.262 e. The molecule has 9 heteroatoms. The van der Waals surface area contributed by atoms with E-state index < -0.39 is 12.0 Å². The van der Waals surface area contributed by atoms with Gasteiger partial charge in [0.25, 0.3) is 5.91 Å². The van der Waals surface area contributed by atoms with Gasteiger partial charge in [0.15, 0.2) is 0 Å². The lowest BCUT2D eigenvalue weighted by Crippen LogP contribution is -2.12. The molecular weight excluding hydrogens is 428 g/mol. The van der Waals surface area contributed by atoms with Crippen molar-refractivity contribution in [2.75, 3.05) is 13.2 Å². The second-order valence-corrected chi connectivity index (χ2v) is 7.99. The number of aliphatic hydroxyl groups excluding tert-OH is 1. The number of benzene rings is 1. The Kier molecular flexibility index (Phi) is 6.07. The van der Waals surface area contributed by atoms with Crippen molar-refractivity contribution in [2.24, 2.45) is 5.73 Å². The van der Waals surface area contributed by atoms with Gasteiger partial charge in [-0.05, 0) is 25.1 Å². The number of carbonyl (C=O) groups is 1. The van der Waals surface area contributed by atoms with Gasteiger partial charge in [0.05, 0.1) is 41.2 Å². The van der Waals surface area contributed by atoms with Crippen LogP contribution in [0.3, 0.4) is 0 Å². The van der Waals surface area contributed by atoms with Crippen LogP contribution in [-0.2, 0) is 0 Å². The number of nitrogens with two attached hydrogens (primary N) is 1. The first-order chi connectivity index (χ1) is 15.5. The molecule has 0 bridgehead atoms. The molecular formula is C23H20N4O4S. The number of primary amides is 1. The number of ether oxygens (including phenoxy) is 2. The molecule has 4 aromatic rings. The fourth-order valence-corrected chi connectivity index (χ4v) is 4.31. The lowest BCUT2D eigenvalue weighted by molar-refractivity contribution is 0.0998. The minimum Gasteiger partial charge on any atom is -0.490 e.